The van der Waals surface area contributed by atoms with E-state index in [0.29, 0.717) is 11.1 Å². The SMILES string of the molecule is COc1ccc(-c2nnc(SCC(=O)N3CCCC3Cc3ccccc3Cl)o2)cc1. The number of nitrogens with zero attached hydrogens (tertiary/aromatic N) is 3. The van der Waals surface area contributed by atoms with Gasteiger partial charge in [0.1, 0.15) is 5.75 Å². The second-order valence-corrected chi connectivity index (χ2v) is 8.40. The number of carbonyl (C=O) groups is 1. The molecule has 1 amide bonds. The van der Waals surface area contributed by atoms with Gasteiger partial charge < -0.3 is 14.1 Å². The molecule has 6 nitrogen and oxygen atoms in total. The zero-order valence-corrected chi connectivity index (χ0v) is 18.2. The number of rotatable bonds is 7. The normalized spacial score (nSPS) is 16.1. The highest BCUT2D eigenvalue weighted by molar-refractivity contribution is 7.99. The molecule has 8 heteroatoms. The van der Waals surface area contributed by atoms with Crippen molar-refractivity contribution in [3.63, 3.8) is 0 Å². The fourth-order valence-electron chi connectivity index (χ4n) is 3.62. The monoisotopic (exact) mass is 443 g/mol. The Hall–Kier alpha value is -2.51. The highest BCUT2D eigenvalue weighted by Crippen LogP contribution is 2.28. The van der Waals surface area contributed by atoms with Crippen LogP contribution in [0.5, 0.6) is 5.75 Å². The Bertz CT molecular complexity index is 1010. The molecule has 1 atom stereocenters. The first-order valence-electron chi connectivity index (χ1n) is 9.77. The van der Waals surface area contributed by atoms with Crippen molar-refractivity contribution in [3.8, 4) is 17.2 Å². The number of aromatic nitrogens is 2. The van der Waals surface area contributed by atoms with Gasteiger partial charge in [-0.05, 0) is 55.2 Å². The van der Waals surface area contributed by atoms with Crippen LogP contribution >= 0.6 is 23.4 Å². The van der Waals surface area contributed by atoms with Gasteiger partial charge in [0.15, 0.2) is 0 Å². The van der Waals surface area contributed by atoms with Crippen LogP contribution in [-0.4, -0.2) is 46.5 Å². The van der Waals surface area contributed by atoms with Crippen LogP contribution in [0.3, 0.4) is 0 Å². The van der Waals surface area contributed by atoms with E-state index in [-0.39, 0.29) is 17.7 Å². The number of hydrogen-bond donors (Lipinski definition) is 0. The minimum Gasteiger partial charge on any atom is -0.497 e. The Labute approximate surface area is 184 Å². The summed E-state index contributed by atoms with van der Waals surface area (Å²) < 4.78 is 10.9. The first kappa shape index (κ1) is 20.8. The molecule has 0 aliphatic carbocycles. The standard InChI is InChI=1S/C22H22ClN3O3S/c1-28-18-10-8-15(9-11-18)21-24-25-22(29-21)30-14-20(27)26-12-4-6-17(26)13-16-5-2-3-7-19(16)23/h2-3,5,7-11,17H,4,6,12-14H2,1H3. The van der Waals surface area contributed by atoms with E-state index in [1.807, 2.05) is 53.4 Å². The van der Waals surface area contributed by atoms with Crippen molar-refractivity contribution in [3.05, 3.63) is 59.1 Å². The molecule has 2 aromatic carbocycles. The largest absolute Gasteiger partial charge is 0.497 e. The minimum absolute atomic E-state index is 0.0822. The van der Waals surface area contributed by atoms with Crippen LogP contribution in [-0.2, 0) is 11.2 Å². The minimum atomic E-state index is 0.0822. The Morgan fingerprint density at radius 2 is 2.03 bits per heavy atom. The maximum atomic E-state index is 12.8. The second-order valence-electron chi connectivity index (χ2n) is 7.07. The lowest BCUT2D eigenvalue weighted by Crippen LogP contribution is -2.38. The molecular weight excluding hydrogens is 422 g/mol. The number of halogens is 1. The highest BCUT2D eigenvalue weighted by Gasteiger charge is 2.29. The van der Waals surface area contributed by atoms with Crippen LogP contribution in [0.2, 0.25) is 5.02 Å². The molecule has 4 rings (SSSR count). The maximum Gasteiger partial charge on any atom is 0.277 e. The molecule has 30 heavy (non-hydrogen) atoms. The molecule has 0 saturated carbocycles. The van der Waals surface area contributed by atoms with E-state index in [1.54, 1.807) is 7.11 Å². The van der Waals surface area contributed by atoms with Crippen molar-refractivity contribution < 1.29 is 13.9 Å². The number of benzene rings is 2. The molecule has 156 valence electrons. The van der Waals surface area contributed by atoms with Crippen molar-refractivity contribution in [1.82, 2.24) is 15.1 Å². The van der Waals surface area contributed by atoms with Gasteiger partial charge in [-0.1, -0.05) is 41.6 Å². The first-order chi connectivity index (χ1) is 14.6. The summed E-state index contributed by atoms with van der Waals surface area (Å²) in [5, 5.41) is 9.28. The Kier molecular flexibility index (Phi) is 6.59. The first-order valence-corrected chi connectivity index (χ1v) is 11.1. The molecule has 1 aliphatic rings. The predicted octanol–water partition coefficient (Wildman–Crippen LogP) is 4.72. The van der Waals surface area contributed by atoms with Crippen LogP contribution in [0.15, 0.2) is 58.2 Å². The zero-order chi connectivity index (χ0) is 20.9. The number of methoxy groups -OCH3 is 1. The average molecular weight is 444 g/mol. The van der Waals surface area contributed by atoms with Crippen LogP contribution < -0.4 is 4.74 Å². The van der Waals surface area contributed by atoms with Gasteiger partial charge in [0.05, 0.1) is 12.9 Å². The summed E-state index contributed by atoms with van der Waals surface area (Å²) >= 11 is 7.57. The van der Waals surface area contributed by atoms with E-state index < -0.39 is 0 Å². The van der Waals surface area contributed by atoms with E-state index in [0.717, 1.165) is 47.7 Å². The summed E-state index contributed by atoms with van der Waals surface area (Å²) in [5.41, 5.74) is 1.89. The summed E-state index contributed by atoms with van der Waals surface area (Å²) in [5.74, 6) is 1.53. The maximum absolute atomic E-state index is 12.8. The Balaban J connectivity index is 1.35. The molecule has 1 aromatic heterocycles. The van der Waals surface area contributed by atoms with Crippen molar-refractivity contribution in [2.75, 3.05) is 19.4 Å². The molecule has 1 aliphatic heterocycles. The van der Waals surface area contributed by atoms with E-state index in [4.69, 9.17) is 20.8 Å². The Morgan fingerprint density at radius 3 is 2.80 bits per heavy atom. The number of hydrogen-bond acceptors (Lipinski definition) is 6. The number of amides is 1. The predicted molar refractivity (Wildman–Crippen MR) is 117 cm³/mol. The van der Waals surface area contributed by atoms with Gasteiger partial charge in [0.2, 0.25) is 11.8 Å². The van der Waals surface area contributed by atoms with Gasteiger partial charge in [0.25, 0.3) is 5.22 Å². The van der Waals surface area contributed by atoms with Gasteiger partial charge in [0, 0.05) is 23.2 Å². The van der Waals surface area contributed by atoms with Gasteiger partial charge in [-0.15, -0.1) is 10.2 Å². The molecule has 1 fully saturated rings. The van der Waals surface area contributed by atoms with E-state index >= 15 is 0 Å². The topological polar surface area (TPSA) is 68.5 Å². The molecule has 3 aromatic rings. The highest BCUT2D eigenvalue weighted by atomic mass is 35.5. The lowest BCUT2D eigenvalue weighted by molar-refractivity contribution is -0.129. The van der Waals surface area contributed by atoms with Gasteiger partial charge in [-0.3, -0.25) is 4.79 Å². The summed E-state index contributed by atoms with van der Waals surface area (Å²) in [6.07, 6.45) is 2.77. The molecule has 0 N–H and O–H groups in total. The van der Waals surface area contributed by atoms with Gasteiger partial charge >= 0.3 is 0 Å². The Morgan fingerprint density at radius 1 is 1.23 bits per heavy atom. The molecule has 0 spiro atoms. The van der Waals surface area contributed by atoms with Crippen LogP contribution in [0.1, 0.15) is 18.4 Å². The van der Waals surface area contributed by atoms with Crippen LogP contribution in [0, 0.1) is 0 Å². The fourth-order valence-corrected chi connectivity index (χ4v) is 4.48. The zero-order valence-electron chi connectivity index (χ0n) is 16.6. The number of likely N-dealkylation sites (tertiary alicyclic amines) is 1. The van der Waals surface area contributed by atoms with Crippen molar-refractivity contribution in [1.29, 1.82) is 0 Å². The number of thioether (sulfide) groups is 1. The summed E-state index contributed by atoms with van der Waals surface area (Å²) in [4.78, 5) is 14.8. The van der Waals surface area contributed by atoms with E-state index in [1.165, 1.54) is 11.8 Å². The third-order valence-electron chi connectivity index (χ3n) is 5.17. The summed E-state index contributed by atoms with van der Waals surface area (Å²) in [6, 6.07) is 15.4. The van der Waals surface area contributed by atoms with Gasteiger partial charge in [-0.25, -0.2) is 0 Å². The molecule has 0 bridgehead atoms. The fraction of sp³-hybridized carbons (Fsp3) is 0.318. The third-order valence-corrected chi connectivity index (χ3v) is 6.35. The number of ether oxygens (including phenoxy) is 1. The van der Waals surface area contributed by atoms with E-state index in [2.05, 4.69) is 10.2 Å². The van der Waals surface area contributed by atoms with Crippen LogP contribution in [0.25, 0.3) is 11.5 Å². The lowest BCUT2D eigenvalue weighted by atomic mass is 10.0. The van der Waals surface area contributed by atoms with Crippen LogP contribution in [0.4, 0.5) is 0 Å². The smallest absolute Gasteiger partial charge is 0.277 e. The second kappa shape index (κ2) is 9.53. The summed E-state index contributed by atoms with van der Waals surface area (Å²) in [7, 11) is 1.62. The summed E-state index contributed by atoms with van der Waals surface area (Å²) in [6.45, 7) is 0.773. The molecular formula is C22H22ClN3O3S. The number of carbonyl (C=O) groups excluding carboxylic acids is 1. The van der Waals surface area contributed by atoms with Crippen molar-refractivity contribution >= 4 is 29.3 Å². The molecule has 2 heterocycles. The lowest BCUT2D eigenvalue weighted by Gasteiger charge is -2.25. The van der Waals surface area contributed by atoms with Crippen molar-refractivity contribution in [2.24, 2.45) is 0 Å². The quantitative estimate of drug-likeness (QED) is 0.492. The van der Waals surface area contributed by atoms with Crippen molar-refractivity contribution in [2.45, 2.75) is 30.5 Å². The van der Waals surface area contributed by atoms with Gasteiger partial charge in [-0.2, -0.15) is 0 Å². The van der Waals surface area contributed by atoms with E-state index in [9.17, 15) is 4.79 Å². The molecule has 1 unspecified atom stereocenters. The molecule has 1 saturated heterocycles. The average Bonchev–Trinajstić information content (AvgIpc) is 3.43. The molecule has 0 radical (unpaired) electrons. The third kappa shape index (κ3) is 4.79.